The first kappa shape index (κ1) is 17.6. The van der Waals surface area contributed by atoms with Crippen molar-refractivity contribution in [2.24, 2.45) is 5.92 Å². The second kappa shape index (κ2) is 6.85. The molecule has 0 radical (unpaired) electrons. The molecule has 4 saturated heterocycles. The molecular weight excluding hydrogens is 352 g/mol. The SMILES string of the molecule is COc1cccc([C@H]2CN(C(=O)c3cncnc3C)[C@@H]3C4CCN(CC4)[C@H]23)c1. The molecule has 2 aromatic rings. The van der Waals surface area contributed by atoms with Crippen LogP contribution in [0.5, 0.6) is 5.75 Å². The average molecular weight is 378 g/mol. The molecule has 2 bridgehead atoms. The number of nitrogens with zero attached hydrogens (tertiary/aromatic N) is 4. The van der Waals surface area contributed by atoms with Crippen LogP contribution in [0.4, 0.5) is 0 Å². The zero-order valence-electron chi connectivity index (χ0n) is 16.4. The van der Waals surface area contributed by atoms with Crippen LogP contribution in [0, 0.1) is 12.8 Å². The second-order valence-electron chi connectivity index (χ2n) is 8.22. The molecular formula is C22H26N4O2. The summed E-state index contributed by atoms with van der Waals surface area (Å²) < 4.78 is 5.46. The Morgan fingerprint density at radius 1 is 1.21 bits per heavy atom. The predicted octanol–water partition coefficient (Wildman–Crippen LogP) is 2.50. The van der Waals surface area contributed by atoms with Crippen molar-refractivity contribution in [3.05, 3.63) is 53.6 Å². The topological polar surface area (TPSA) is 58.6 Å². The summed E-state index contributed by atoms with van der Waals surface area (Å²) in [7, 11) is 1.71. The lowest BCUT2D eigenvalue weighted by atomic mass is 9.75. The summed E-state index contributed by atoms with van der Waals surface area (Å²) in [6.45, 7) is 4.91. The predicted molar refractivity (Wildman–Crippen MR) is 105 cm³/mol. The summed E-state index contributed by atoms with van der Waals surface area (Å²) in [5.41, 5.74) is 2.64. The van der Waals surface area contributed by atoms with Crippen LogP contribution in [0.1, 0.15) is 40.4 Å². The minimum Gasteiger partial charge on any atom is -0.497 e. The van der Waals surface area contributed by atoms with Gasteiger partial charge in [0, 0.05) is 24.7 Å². The quantitative estimate of drug-likeness (QED) is 0.821. The molecule has 4 fully saturated rings. The van der Waals surface area contributed by atoms with Crippen molar-refractivity contribution in [2.45, 2.75) is 37.8 Å². The smallest absolute Gasteiger partial charge is 0.257 e. The molecule has 3 atom stereocenters. The van der Waals surface area contributed by atoms with Crippen LogP contribution in [0.25, 0.3) is 0 Å². The van der Waals surface area contributed by atoms with Gasteiger partial charge >= 0.3 is 0 Å². The van der Waals surface area contributed by atoms with Gasteiger partial charge in [-0.25, -0.2) is 9.97 Å². The molecule has 0 unspecified atom stereocenters. The molecule has 4 aliphatic heterocycles. The number of hydrogen-bond donors (Lipinski definition) is 0. The van der Waals surface area contributed by atoms with Gasteiger partial charge in [0.25, 0.3) is 5.91 Å². The Morgan fingerprint density at radius 3 is 2.79 bits per heavy atom. The number of ether oxygens (including phenoxy) is 1. The van der Waals surface area contributed by atoms with Gasteiger partial charge in [-0.3, -0.25) is 9.69 Å². The third kappa shape index (κ3) is 2.70. The second-order valence-corrected chi connectivity index (χ2v) is 8.22. The number of carbonyl (C=O) groups is 1. The number of fused-ring (bicyclic) bond motifs is 2. The van der Waals surface area contributed by atoms with E-state index in [1.54, 1.807) is 13.3 Å². The molecule has 146 valence electrons. The Morgan fingerprint density at radius 2 is 2.04 bits per heavy atom. The molecule has 0 N–H and O–H groups in total. The summed E-state index contributed by atoms with van der Waals surface area (Å²) in [6, 6.07) is 9.00. The van der Waals surface area contributed by atoms with E-state index in [0.717, 1.165) is 31.1 Å². The Hall–Kier alpha value is -2.47. The van der Waals surface area contributed by atoms with Gasteiger partial charge in [-0.05, 0) is 56.5 Å². The molecule has 4 aliphatic rings. The summed E-state index contributed by atoms with van der Waals surface area (Å²) in [4.78, 5) is 26.6. The zero-order valence-corrected chi connectivity index (χ0v) is 16.4. The standard InChI is InChI=1S/C22H26N4O2/c1-14-18(11-23-13-24-14)22(27)26-12-19(16-4-3-5-17(10-16)28-2)21-20(26)15-6-8-25(21)9-7-15/h3-5,10-11,13,15,19-21H,6-9,12H2,1-2H3/t19-,20-,21-/m1/s1. The van der Waals surface area contributed by atoms with Gasteiger partial charge in [-0.15, -0.1) is 0 Å². The largest absolute Gasteiger partial charge is 0.497 e. The molecule has 6 nitrogen and oxygen atoms in total. The van der Waals surface area contributed by atoms with Crippen LogP contribution in [0.15, 0.2) is 36.8 Å². The van der Waals surface area contributed by atoms with Crippen LogP contribution >= 0.6 is 0 Å². The zero-order chi connectivity index (χ0) is 19.3. The lowest BCUT2D eigenvalue weighted by Crippen LogP contribution is -2.60. The van der Waals surface area contributed by atoms with Crippen molar-refractivity contribution < 1.29 is 9.53 Å². The Balaban J connectivity index is 1.54. The van der Waals surface area contributed by atoms with Crippen molar-refractivity contribution in [3.8, 4) is 5.75 Å². The maximum Gasteiger partial charge on any atom is 0.257 e. The fraction of sp³-hybridized carbons (Fsp3) is 0.500. The molecule has 6 heteroatoms. The van der Waals surface area contributed by atoms with E-state index in [1.165, 1.54) is 24.7 Å². The van der Waals surface area contributed by atoms with Gasteiger partial charge < -0.3 is 9.64 Å². The van der Waals surface area contributed by atoms with Gasteiger partial charge in [-0.2, -0.15) is 0 Å². The lowest BCUT2D eigenvalue weighted by Gasteiger charge is -2.51. The summed E-state index contributed by atoms with van der Waals surface area (Å²) in [5, 5.41) is 0. The molecule has 0 spiro atoms. The maximum atomic E-state index is 13.5. The highest BCUT2D eigenvalue weighted by atomic mass is 16.5. The van der Waals surface area contributed by atoms with E-state index in [0.29, 0.717) is 23.4 Å². The molecule has 0 saturated carbocycles. The van der Waals surface area contributed by atoms with Gasteiger partial charge in [0.1, 0.15) is 12.1 Å². The number of likely N-dealkylation sites (tertiary alicyclic amines) is 1. The molecule has 1 aromatic heterocycles. The molecule has 1 amide bonds. The van der Waals surface area contributed by atoms with Crippen molar-refractivity contribution in [2.75, 3.05) is 26.7 Å². The van der Waals surface area contributed by atoms with Gasteiger partial charge in [-0.1, -0.05) is 12.1 Å². The van der Waals surface area contributed by atoms with Gasteiger partial charge in [0.2, 0.25) is 0 Å². The molecule has 28 heavy (non-hydrogen) atoms. The summed E-state index contributed by atoms with van der Waals surface area (Å²) >= 11 is 0. The van der Waals surface area contributed by atoms with E-state index in [9.17, 15) is 4.79 Å². The van der Waals surface area contributed by atoms with Crippen molar-refractivity contribution in [1.82, 2.24) is 19.8 Å². The fourth-order valence-electron chi connectivity index (χ4n) is 5.58. The van der Waals surface area contributed by atoms with Gasteiger partial charge in [0.15, 0.2) is 0 Å². The van der Waals surface area contributed by atoms with Crippen LogP contribution < -0.4 is 4.74 Å². The Bertz CT molecular complexity index is 894. The van der Waals surface area contributed by atoms with E-state index in [1.807, 2.05) is 13.0 Å². The van der Waals surface area contributed by atoms with Crippen LogP contribution in [-0.4, -0.2) is 64.5 Å². The monoisotopic (exact) mass is 378 g/mol. The van der Waals surface area contributed by atoms with E-state index in [-0.39, 0.29) is 11.9 Å². The van der Waals surface area contributed by atoms with E-state index in [2.05, 4.69) is 38.0 Å². The number of aryl methyl sites for hydroxylation is 1. The number of benzene rings is 1. The van der Waals surface area contributed by atoms with Crippen LogP contribution in [0.2, 0.25) is 0 Å². The molecule has 0 aliphatic carbocycles. The van der Waals surface area contributed by atoms with Crippen molar-refractivity contribution >= 4 is 5.91 Å². The number of amides is 1. The van der Waals surface area contributed by atoms with Gasteiger partial charge in [0.05, 0.1) is 24.4 Å². The first-order chi connectivity index (χ1) is 13.7. The third-order valence-electron chi connectivity index (χ3n) is 6.92. The Kier molecular flexibility index (Phi) is 4.31. The lowest BCUT2D eigenvalue weighted by molar-refractivity contribution is -0.00346. The fourth-order valence-corrected chi connectivity index (χ4v) is 5.58. The van der Waals surface area contributed by atoms with E-state index < -0.39 is 0 Å². The number of piperidine rings is 3. The molecule has 5 heterocycles. The highest BCUT2D eigenvalue weighted by Gasteiger charge is 2.54. The number of carbonyl (C=O) groups excluding carboxylic acids is 1. The number of methoxy groups -OCH3 is 1. The minimum absolute atomic E-state index is 0.0762. The highest BCUT2D eigenvalue weighted by molar-refractivity contribution is 5.95. The normalized spacial score (nSPS) is 30.9. The number of aromatic nitrogens is 2. The van der Waals surface area contributed by atoms with Crippen LogP contribution in [-0.2, 0) is 0 Å². The average Bonchev–Trinajstić information content (AvgIpc) is 3.17. The van der Waals surface area contributed by atoms with Crippen molar-refractivity contribution in [1.29, 1.82) is 0 Å². The van der Waals surface area contributed by atoms with E-state index >= 15 is 0 Å². The Labute approximate surface area is 165 Å². The van der Waals surface area contributed by atoms with E-state index in [4.69, 9.17) is 4.74 Å². The molecule has 1 aromatic carbocycles. The first-order valence-electron chi connectivity index (χ1n) is 10.1. The highest BCUT2D eigenvalue weighted by Crippen LogP contribution is 2.47. The summed E-state index contributed by atoms with van der Waals surface area (Å²) in [6.07, 6.45) is 5.53. The molecule has 6 rings (SSSR count). The number of hydrogen-bond acceptors (Lipinski definition) is 5. The maximum absolute atomic E-state index is 13.5. The third-order valence-corrected chi connectivity index (χ3v) is 6.92. The first-order valence-corrected chi connectivity index (χ1v) is 10.1. The number of rotatable bonds is 3. The van der Waals surface area contributed by atoms with Crippen molar-refractivity contribution in [3.63, 3.8) is 0 Å². The summed E-state index contributed by atoms with van der Waals surface area (Å²) in [5.74, 6) is 1.84. The van der Waals surface area contributed by atoms with Crippen LogP contribution in [0.3, 0.4) is 0 Å². The minimum atomic E-state index is 0.0762.